The first-order valence-electron chi connectivity index (χ1n) is 14.1. The van der Waals surface area contributed by atoms with Crippen LogP contribution in [0.25, 0.3) is 0 Å². The van der Waals surface area contributed by atoms with Crippen LogP contribution in [0.1, 0.15) is 63.8 Å². The quantitative estimate of drug-likeness (QED) is 0.243. The Morgan fingerprint density at radius 3 is 1.98 bits per heavy atom. The summed E-state index contributed by atoms with van der Waals surface area (Å²) in [6.07, 6.45) is 2.28. The summed E-state index contributed by atoms with van der Waals surface area (Å²) in [5.74, 6) is -0.379. The van der Waals surface area contributed by atoms with Crippen LogP contribution in [0.15, 0.2) is 63.2 Å². The smallest absolute Gasteiger partial charge is 0.407 e. The molecule has 0 saturated heterocycles. The van der Waals surface area contributed by atoms with Gasteiger partial charge in [-0.05, 0) is 51.5 Å². The molecule has 1 aliphatic rings. The third kappa shape index (κ3) is 13.4. The van der Waals surface area contributed by atoms with E-state index in [1.165, 1.54) is 6.20 Å². The average molecular weight is 598 g/mol. The molecule has 2 aromatic heterocycles. The number of carbonyl (C=O) groups excluding carboxylic acids is 3. The highest BCUT2D eigenvalue weighted by atomic mass is 16.6. The minimum absolute atomic E-state index is 0.159. The Kier molecular flexibility index (Phi) is 13.5. The lowest BCUT2D eigenvalue weighted by Crippen LogP contribution is -2.34. The standard InChI is InChI=1S/C28H39N9O6/c1-28(2,3)43-27(40)31-14-16-42-18-17-41-15-13-30-23(38)8-6-9-24(39)33-20-10-11-22(32-19-20)26-36-34-25(35-37-26)21-7-4-5-12-29-21/h4-5,7,10-12,19,25-26H,6,8-9,13-18H2,1-3H3,(H,30,38)(H,31,40)(H,33,39). The number of pyridine rings is 2. The lowest BCUT2D eigenvalue weighted by Gasteiger charge is -2.19. The number of rotatable bonds is 16. The number of anilines is 1. The summed E-state index contributed by atoms with van der Waals surface area (Å²) in [6, 6.07) is 8.86. The molecule has 3 amide bonds. The summed E-state index contributed by atoms with van der Waals surface area (Å²) in [6.45, 7) is 7.47. The Hall–Kier alpha value is -4.37. The Morgan fingerprint density at radius 2 is 1.40 bits per heavy atom. The second kappa shape index (κ2) is 17.6. The molecule has 0 bridgehead atoms. The topological polar surface area (TPSA) is 190 Å². The molecule has 0 spiro atoms. The molecule has 0 saturated carbocycles. The van der Waals surface area contributed by atoms with Crippen LogP contribution in [-0.4, -0.2) is 73.0 Å². The zero-order valence-electron chi connectivity index (χ0n) is 24.7. The number of alkyl carbamates (subject to hydrolysis) is 1. The van der Waals surface area contributed by atoms with Gasteiger partial charge in [0, 0.05) is 32.1 Å². The van der Waals surface area contributed by atoms with Crippen LogP contribution in [0.5, 0.6) is 0 Å². The summed E-state index contributed by atoms with van der Waals surface area (Å²) < 4.78 is 15.9. The van der Waals surface area contributed by atoms with Gasteiger partial charge in [0.25, 0.3) is 0 Å². The van der Waals surface area contributed by atoms with Crippen molar-refractivity contribution < 1.29 is 28.6 Å². The van der Waals surface area contributed by atoms with E-state index in [9.17, 15) is 14.4 Å². The van der Waals surface area contributed by atoms with Crippen LogP contribution in [0.4, 0.5) is 10.5 Å². The fourth-order valence-corrected chi connectivity index (χ4v) is 3.54. The van der Waals surface area contributed by atoms with Gasteiger partial charge in [0.05, 0.1) is 49.7 Å². The molecular weight excluding hydrogens is 558 g/mol. The zero-order valence-corrected chi connectivity index (χ0v) is 24.7. The van der Waals surface area contributed by atoms with Crippen LogP contribution < -0.4 is 16.0 Å². The summed E-state index contributed by atoms with van der Waals surface area (Å²) in [5, 5.41) is 24.8. The largest absolute Gasteiger partial charge is 0.444 e. The van der Waals surface area contributed by atoms with E-state index in [1.807, 2.05) is 12.1 Å². The minimum Gasteiger partial charge on any atom is -0.444 e. The van der Waals surface area contributed by atoms with Gasteiger partial charge in [-0.25, -0.2) is 4.79 Å². The molecule has 1 aliphatic heterocycles. The zero-order chi connectivity index (χ0) is 30.9. The first-order chi connectivity index (χ1) is 20.7. The van der Waals surface area contributed by atoms with Crippen molar-refractivity contribution >= 4 is 23.6 Å². The number of aromatic nitrogens is 2. The SMILES string of the molecule is CC(C)(C)OC(=O)NCCOCCOCCNC(=O)CCCC(=O)Nc1ccc(C2N=NC(c3ccccn3)N=N2)nc1. The molecule has 0 atom stereocenters. The lowest BCUT2D eigenvalue weighted by atomic mass is 10.2. The monoisotopic (exact) mass is 597 g/mol. The summed E-state index contributed by atoms with van der Waals surface area (Å²) >= 11 is 0. The fourth-order valence-electron chi connectivity index (χ4n) is 3.54. The highest BCUT2D eigenvalue weighted by molar-refractivity contribution is 5.90. The fraction of sp³-hybridized carbons (Fsp3) is 0.536. The number of hydrogen-bond acceptors (Lipinski definition) is 12. The number of carbonyl (C=O) groups is 3. The first-order valence-corrected chi connectivity index (χ1v) is 14.1. The third-order valence-corrected chi connectivity index (χ3v) is 5.52. The van der Waals surface area contributed by atoms with Gasteiger partial charge in [-0.2, -0.15) is 20.5 Å². The van der Waals surface area contributed by atoms with Crippen LogP contribution >= 0.6 is 0 Å². The number of azo groups is 2. The predicted octanol–water partition coefficient (Wildman–Crippen LogP) is 3.87. The molecule has 3 heterocycles. The summed E-state index contributed by atoms with van der Waals surface area (Å²) in [7, 11) is 0. The van der Waals surface area contributed by atoms with Crippen molar-refractivity contribution in [2.75, 3.05) is 44.8 Å². The Labute approximate surface area is 250 Å². The average Bonchev–Trinajstić information content (AvgIpc) is 2.98. The van der Waals surface area contributed by atoms with Crippen molar-refractivity contribution in [1.82, 2.24) is 20.6 Å². The van der Waals surface area contributed by atoms with E-state index in [-0.39, 0.29) is 24.7 Å². The van der Waals surface area contributed by atoms with E-state index < -0.39 is 24.0 Å². The summed E-state index contributed by atoms with van der Waals surface area (Å²) in [4.78, 5) is 44.3. The molecular formula is C28H39N9O6. The normalized spacial score (nSPS) is 16.0. The maximum Gasteiger partial charge on any atom is 0.407 e. The molecule has 0 radical (unpaired) electrons. The molecule has 0 unspecified atom stereocenters. The van der Waals surface area contributed by atoms with E-state index in [4.69, 9.17) is 14.2 Å². The van der Waals surface area contributed by atoms with Crippen molar-refractivity contribution in [3.8, 4) is 0 Å². The van der Waals surface area contributed by atoms with E-state index in [0.29, 0.717) is 63.0 Å². The predicted molar refractivity (Wildman–Crippen MR) is 155 cm³/mol. The third-order valence-electron chi connectivity index (χ3n) is 5.52. The van der Waals surface area contributed by atoms with Gasteiger partial charge in [-0.1, -0.05) is 6.07 Å². The van der Waals surface area contributed by atoms with Gasteiger partial charge in [0.2, 0.25) is 24.1 Å². The molecule has 232 valence electrons. The van der Waals surface area contributed by atoms with Crippen molar-refractivity contribution in [2.45, 2.75) is 58.0 Å². The maximum absolute atomic E-state index is 12.3. The lowest BCUT2D eigenvalue weighted by molar-refractivity contribution is -0.121. The second-order valence-electron chi connectivity index (χ2n) is 10.3. The van der Waals surface area contributed by atoms with E-state index in [2.05, 4.69) is 46.4 Å². The number of nitrogens with zero attached hydrogens (tertiary/aromatic N) is 6. The number of nitrogens with one attached hydrogen (secondary N) is 3. The Bertz CT molecular complexity index is 1210. The molecule has 0 aromatic carbocycles. The molecule has 0 fully saturated rings. The molecule has 0 aliphatic carbocycles. The van der Waals surface area contributed by atoms with Crippen LogP contribution in [0.3, 0.4) is 0 Å². The number of hydrogen-bond donors (Lipinski definition) is 3. The van der Waals surface area contributed by atoms with Gasteiger partial charge in [-0.3, -0.25) is 19.6 Å². The Balaban J connectivity index is 1.18. The maximum atomic E-state index is 12.3. The van der Waals surface area contributed by atoms with Gasteiger partial charge in [-0.15, -0.1) is 0 Å². The van der Waals surface area contributed by atoms with Crippen molar-refractivity contribution in [3.05, 3.63) is 54.1 Å². The number of ether oxygens (including phenoxy) is 3. The van der Waals surface area contributed by atoms with E-state index in [0.717, 1.165) is 0 Å². The highest BCUT2D eigenvalue weighted by Crippen LogP contribution is 2.29. The molecule has 3 N–H and O–H groups in total. The second-order valence-corrected chi connectivity index (χ2v) is 10.3. The molecule has 43 heavy (non-hydrogen) atoms. The Morgan fingerprint density at radius 1 is 0.767 bits per heavy atom. The van der Waals surface area contributed by atoms with Gasteiger partial charge in [0.15, 0.2) is 0 Å². The van der Waals surface area contributed by atoms with Crippen molar-refractivity contribution in [3.63, 3.8) is 0 Å². The number of amides is 3. The molecule has 15 heteroatoms. The minimum atomic E-state index is -0.651. The van der Waals surface area contributed by atoms with Crippen molar-refractivity contribution in [1.29, 1.82) is 0 Å². The van der Waals surface area contributed by atoms with Gasteiger partial charge in [0.1, 0.15) is 5.60 Å². The highest BCUT2D eigenvalue weighted by Gasteiger charge is 2.20. The van der Waals surface area contributed by atoms with Gasteiger partial charge >= 0.3 is 6.09 Å². The van der Waals surface area contributed by atoms with Crippen LogP contribution in [-0.2, 0) is 23.8 Å². The van der Waals surface area contributed by atoms with Crippen LogP contribution in [0, 0.1) is 0 Å². The van der Waals surface area contributed by atoms with Gasteiger partial charge < -0.3 is 30.2 Å². The van der Waals surface area contributed by atoms with E-state index in [1.54, 1.807) is 45.2 Å². The van der Waals surface area contributed by atoms with Crippen LogP contribution in [0.2, 0.25) is 0 Å². The van der Waals surface area contributed by atoms with Crippen molar-refractivity contribution in [2.24, 2.45) is 20.5 Å². The van der Waals surface area contributed by atoms with E-state index >= 15 is 0 Å². The first kappa shape index (κ1) is 33.1. The molecule has 2 aromatic rings. The molecule has 15 nitrogen and oxygen atoms in total. The summed E-state index contributed by atoms with van der Waals surface area (Å²) in [5.41, 5.74) is 1.19. The molecule has 3 rings (SSSR count).